The van der Waals surface area contributed by atoms with Crippen LogP contribution in [0.4, 0.5) is 0 Å². The second-order valence-electron chi connectivity index (χ2n) is 6.51. The van der Waals surface area contributed by atoms with E-state index in [4.69, 9.17) is 5.73 Å². The molecule has 0 bridgehead atoms. The number of nitrogens with zero attached hydrogens (tertiary/aromatic N) is 2. The molecule has 1 aliphatic carbocycles. The van der Waals surface area contributed by atoms with Crippen molar-refractivity contribution < 1.29 is 4.79 Å². The highest BCUT2D eigenvalue weighted by atomic mass is 127. The van der Waals surface area contributed by atoms with Crippen LogP contribution in [-0.4, -0.2) is 27.2 Å². The van der Waals surface area contributed by atoms with Crippen LogP contribution in [0.5, 0.6) is 0 Å². The van der Waals surface area contributed by atoms with Gasteiger partial charge in [0.15, 0.2) is 3.84 Å². The van der Waals surface area contributed by atoms with E-state index >= 15 is 0 Å². The molecule has 0 radical (unpaired) electrons. The molecule has 1 amide bonds. The summed E-state index contributed by atoms with van der Waals surface area (Å²) in [6, 6.07) is -0.368. The van der Waals surface area contributed by atoms with Crippen molar-refractivity contribution in [1.29, 1.82) is 0 Å². The fraction of sp³-hybridized carbons (Fsp3) is 0.667. The molecule has 1 saturated heterocycles. The minimum Gasteiger partial charge on any atom is -0.320 e. The number of halogens is 1. The summed E-state index contributed by atoms with van der Waals surface area (Å²) < 4.78 is 0.711. The van der Waals surface area contributed by atoms with Gasteiger partial charge in [-0.3, -0.25) is 9.69 Å². The zero-order chi connectivity index (χ0) is 16.7. The SMILES string of the molecule is C=C/C(=C\N=C(I)N1CCC(N)C1=O)C1CCCCCCCC1. The fourth-order valence-corrected chi connectivity index (χ4v) is 3.99. The van der Waals surface area contributed by atoms with Gasteiger partial charge in [0.2, 0.25) is 5.91 Å². The molecule has 2 aliphatic rings. The number of hydrogen-bond acceptors (Lipinski definition) is 3. The number of likely N-dealkylation sites (tertiary alicyclic amines) is 1. The summed E-state index contributed by atoms with van der Waals surface area (Å²) in [6.07, 6.45) is 15.0. The smallest absolute Gasteiger partial charge is 0.245 e. The van der Waals surface area contributed by atoms with Crippen molar-refractivity contribution in [3.63, 3.8) is 0 Å². The number of carbonyl (C=O) groups excluding carboxylic acids is 1. The van der Waals surface area contributed by atoms with E-state index in [9.17, 15) is 4.79 Å². The Morgan fingerprint density at radius 2 is 1.78 bits per heavy atom. The average molecular weight is 429 g/mol. The third kappa shape index (κ3) is 5.41. The molecule has 0 aromatic heterocycles. The van der Waals surface area contributed by atoms with Crippen molar-refractivity contribution in [2.75, 3.05) is 6.54 Å². The Bertz CT molecular complexity index is 477. The Kier molecular flexibility index (Phi) is 7.76. The van der Waals surface area contributed by atoms with E-state index in [1.807, 2.05) is 12.3 Å². The number of hydrogen-bond donors (Lipinski definition) is 1. The van der Waals surface area contributed by atoms with Gasteiger partial charge in [-0.15, -0.1) is 0 Å². The molecule has 0 aromatic rings. The number of nitrogens with two attached hydrogens (primary N) is 1. The van der Waals surface area contributed by atoms with Crippen molar-refractivity contribution in [1.82, 2.24) is 4.90 Å². The Morgan fingerprint density at radius 3 is 2.30 bits per heavy atom. The number of amidine groups is 1. The maximum atomic E-state index is 12.0. The van der Waals surface area contributed by atoms with E-state index < -0.39 is 0 Å². The third-order valence-corrected chi connectivity index (χ3v) is 5.71. The summed E-state index contributed by atoms with van der Waals surface area (Å²) in [5.74, 6) is 0.532. The molecule has 23 heavy (non-hydrogen) atoms. The van der Waals surface area contributed by atoms with E-state index in [1.165, 1.54) is 56.9 Å². The van der Waals surface area contributed by atoms with Gasteiger partial charge in [0.05, 0.1) is 6.04 Å². The Hall–Kier alpha value is -0.690. The van der Waals surface area contributed by atoms with E-state index in [0.717, 1.165) is 0 Å². The molecule has 0 aromatic carbocycles. The lowest BCUT2D eigenvalue weighted by atomic mass is 9.90. The Labute approximate surface area is 153 Å². The van der Waals surface area contributed by atoms with Crippen molar-refractivity contribution in [2.45, 2.75) is 63.8 Å². The van der Waals surface area contributed by atoms with Gasteiger partial charge in [0.1, 0.15) is 0 Å². The van der Waals surface area contributed by atoms with Crippen molar-refractivity contribution in [3.8, 4) is 0 Å². The van der Waals surface area contributed by atoms with Gasteiger partial charge in [-0.05, 0) is 30.8 Å². The van der Waals surface area contributed by atoms with Gasteiger partial charge in [0.25, 0.3) is 0 Å². The first kappa shape index (κ1) is 18.6. The summed E-state index contributed by atoms with van der Waals surface area (Å²) in [5, 5.41) is 0. The molecule has 2 rings (SSSR count). The van der Waals surface area contributed by atoms with Crippen molar-refractivity contribution in [2.24, 2.45) is 16.6 Å². The average Bonchev–Trinajstić information content (AvgIpc) is 2.94. The molecule has 4 nitrogen and oxygen atoms in total. The topological polar surface area (TPSA) is 58.7 Å². The summed E-state index contributed by atoms with van der Waals surface area (Å²) in [7, 11) is 0. The molecule has 1 saturated carbocycles. The third-order valence-electron chi connectivity index (χ3n) is 4.85. The van der Waals surface area contributed by atoms with E-state index in [0.29, 0.717) is 22.7 Å². The van der Waals surface area contributed by atoms with Crippen LogP contribution in [0.1, 0.15) is 57.8 Å². The first-order chi connectivity index (χ1) is 11.1. The minimum atomic E-state index is -0.368. The van der Waals surface area contributed by atoms with E-state index in [2.05, 4.69) is 34.2 Å². The standard InChI is InChI=1S/C18H28IN3O/c1-2-14(15-9-7-5-3-4-6-8-10-15)13-21-18(19)22-12-11-16(20)17(22)23/h2,13,15-16H,1,3-12,20H2/b14-13+,21-18?. The van der Waals surface area contributed by atoms with Gasteiger partial charge in [-0.25, -0.2) is 4.99 Å². The quantitative estimate of drug-likeness (QED) is 0.241. The monoisotopic (exact) mass is 429 g/mol. The first-order valence-corrected chi connectivity index (χ1v) is 9.84. The highest BCUT2D eigenvalue weighted by molar-refractivity contribution is 14.1. The number of rotatable bonds is 3. The van der Waals surface area contributed by atoms with Crippen LogP contribution in [0.3, 0.4) is 0 Å². The molecule has 1 aliphatic heterocycles. The minimum absolute atomic E-state index is 0.0193. The Balaban J connectivity index is 2.05. The van der Waals surface area contributed by atoms with Crippen LogP contribution in [-0.2, 0) is 4.79 Å². The fourth-order valence-electron chi connectivity index (χ4n) is 3.37. The lowest BCUT2D eigenvalue weighted by molar-refractivity contribution is -0.125. The molecule has 2 N–H and O–H groups in total. The van der Waals surface area contributed by atoms with Crippen LogP contribution in [0.2, 0.25) is 0 Å². The summed E-state index contributed by atoms with van der Waals surface area (Å²) in [4.78, 5) is 18.2. The summed E-state index contributed by atoms with van der Waals surface area (Å²) in [5.41, 5.74) is 6.98. The molecular formula is C18H28IN3O. The van der Waals surface area contributed by atoms with Gasteiger partial charge in [-0.2, -0.15) is 0 Å². The lowest BCUT2D eigenvalue weighted by Gasteiger charge is -2.17. The van der Waals surface area contributed by atoms with E-state index in [1.54, 1.807) is 4.90 Å². The van der Waals surface area contributed by atoms with Crippen molar-refractivity contribution in [3.05, 3.63) is 24.4 Å². The number of aliphatic imine (C=N–C) groups is 1. The van der Waals surface area contributed by atoms with Crippen molar-refractivity contribution >= 4 is 32.3 Å². The molecule has 1 atom stereocenters. The number of amides is 1. The maximum Gasteiger partial charge on any atom is 0.245 e. The Morgan fingerprint density at radius 1 is 1.17 bits per heavy atom. The lowest BCUT2D eigenvalue weighted by Crippen LogP contribution is -2.35. The van der Waals surface area contributed by atoms with Crippen LogP contribution in [0, 0.1) is 5.92 Å². The van der Waals surface area contributed by atoms with Gasteiger partial charge < -0.3 is 5.73 Å². The molecule has 1 unspecified atom stereocenters. The highest BCUT2D eigenvalue weighted by Gasteiger charge is 2.30. The molecular weight excluding hydrogens is 401 g/mol. The van der Waals surface area contributed by atoms with Gasteiger partial charge in [0, 0.05) is 35.3 Å². The van der Waals surface area contributed by atoms with Crippen LogP contribution in [0.15, 0.2) is 29.4 Å². The summed E-state index contributed by atoms with van der Waals surface area (Å²) in [6.45, 7) is 4.64. The van der Waals surface area contributed by atoms with Crippen LogP contribution < -0.4 is 5.73 Å². The van der Waals surface area contributed by atoms with Gasteiger partial charge >= 0.3 is 0 Å². The molecule has 128 valence electrons. The molecule has 5 heteroatoms. The molecule has 2 fully saturated rings. The molecule has 1 heterocycles. The second kappa shape index (κ2) is 9.57. The van der Waals surface area contributed by atoms with E-state index in [-0.39, 0.29) is 11.9 Å². The van der Waals surface area contributed by atoms with Gasteiger partial charge in [-0.1, -0.05) is 51.2 Å². The summed E-state index contributed by atoms with van der Waals surface area (Å²) >= 11 is 2.13. The number of carbonyl (C=O) groups is 1. The highest BCUT2D eigenvalue weighted by Crippen LogP contribution is 2.28. The zero-order valence-corrected chi connectivity index (χ0v) is 16.0. The zero-order valence-electron chi connectivity index (χ0n) is 13.8. The first-order valence-electron chi connectivity index (χ1n) is 8.76. The molecule has 0 spiro atoms. The normalized spacial score (nSPS) is 25.9. The second-order valence-corrected chi connectivity index (χ2v) is 7.48. The predicted molar refractivity (Wildman–Crippen MR) is 104 cm³/mol. The predicted octanol–water partition coefficient (Wildman–Crippen LogP) is 4.16. The number of allylic oxidation sites excluding steroid dienone is 2. The van der Waals surface area contributed by atoms with Crippen LogP contribution >= 0.6 is 22.6 Å². The maximum absolute atomic E-state index is 12.0. The largest absolute Gasteiger partial charge is 0.320 e. The van der Waals surface area contributed by atoms with Crippen LogP contribution in [0.25, 0.3) is 0 Å².